The van der Waals surface area contributed by atoms with Gasteiger partial charge in [-0.15, -0.1) is 0 Å². The Morgan fingerprint density at radius 1 is 1.47 bits per heavy atom. The first-order chi connectivity index (χ1) is 7.25. The van der Waals surface area contributed by atoms with Crippen LogP contribution in [0.15, 0.2) is 0 Å². The van der Waals surface area contributed by atoms with E-state index in [0.717, 1.165) is 19.4 Å². The lowest BCUT2D eigenvalue weighted by molar-refractivity contribution is -0.125. The smallest absolute Gasteiger partial charge is 0.152 e. The molecule has 1 aliphatic rings. The van der Waals surface area contributed by atoms with Crippen molar-refractivity contribution in [1.29, 1.82) is 0 Å². The largest absolute Gasteiger partial charge is 0.385 e. The fraction of sp³-hybridized carbons (Fsp3) is 0.917. The standard InChI is InChI=1S/C12H23NO2/c1-10(7-9-15-2)12(14)11-6-4-3-5-8-13-11/h10-11,13H,3-9H2,1-2H3. The second-order valence-corrected chi connectivity index (χ2v) is 4.44. The fourth-order valence-corrected chi connectivity index (χ4v) is 2.05. The van der Waals surface area contributed by atoms with Gasteiger partial charge in [-0.2, -0.15) is 0 Å². The fourth-order valence-electron chi connectivity index (χ4n) is 2.05. The molecule has 1 N–H and O–H groups in total. The highest BCUT2D eigenvalue weighted by molar-refractivity contribution is 5.86. The van der Waals surface area contributed by atoms with E-state index >= 15 is 0 Å². The van der Waals surface area contributed by atoms with E-state index in [0.29, 0.717) is 12.4 Å². The van der Waals surface area contributed by atoms with Gasteiger partial charge in [-0.05, 0) is 25.8 Å². The van der Waals surface area contributed by atoms with Crippen molar-refractivity contribution in [2.45, 2.75) is 45.1 Å². The molecule has 1 saturated heterocycles. The second kappa shape index (κ2) is 6.96. The van der Waals surface area contributed by atoms with Gasteiger partial charge in [0.15, 0.2) is 5.78 Å². The van der Waals surface area contributed by atoms with Gasteiger partial charge in [0, 0.05) is 19.6 Å². The molecule has 2 atom stereocenters. The maximum atomic E-state index is 12.0. The summed E-state index contributed by atoms with van der Waals surface area (Å²) in [5.41, 5.74) is 0. The van der Waals surface area contributed by atoms with Crippen molar-refractivity contribution in [3.63, 3.8) is 0 Å². The summed E-state index contributed by atoms with van der Waals surface area (Å²) in [5, 5.41) is 3.35. The molecule has 2 unspecified atom stereocenters. The van der Waals surface area contributed by atoms with Crippen molar-refractivity contribution in [3.05, 3.63) is 0 Å². The van der Waals surface area contributed by atoms with Gasteiger partial charge in [0.1, 0.15) is 0 Å². The number of hydrogen-bond donors (Lipinski definition) is 1. The quantitative estimate of drug-likeness (QED) is 0.756. The summed E-state index contributed by atoms with van der Waals surface area (Å²) in [5.74, 6) is 0.495. The van der Waals surface area contributed by atoms with Crippen LogP contribution in [0.25, 0.3) is 0 Å². The van der Waals surface area contributed by atoms with Gasteiger partial charge in [0.05, 0.1) is 6.04 Å². The molecular formula is C12H23NO2. The van der Waals surface area contributed by atoms with Gasteiger partial charge in [-0.3, -0.25) is 4.79 Å². The van der Waals surface area contributed by atoms with Crippen LogP contribution >= 0.6 is 0 Å². The molecule has 0 bridgehead atoms. The summed E-state index contributed by atoms with van der Waals surface area (Å²) in [6.45, 7) is 3.68. The molecule has 0 spiro atoms. The van der Waals surface area contributed by atoms with E-state index in [-0.39, 0.29) is 12.0 Å². The predicted molar refractivity (Wildman–Crippen MR) is 60.9 cm³/mol. The van der Waals surface area contributed by atoms with Crippen molar-refractivity contribution in [1.82, 2.24) is 5.32 Å². The minimum atomic E-state index is 0.0966. The Labute approximate surface area is 92.6 Å². The number of carbonyl (C=O) groups is 1. The van der Waals surface area contributed by atoms with Crippen molar-refractivity contribution < 1.29 is 9.53 Å². The van der Waals surface area contributed by atoms with Crippen molar-refractivity contribution in [3.8, 4) is 0 Å². The van der Waals surface area contributed by atoms with Crippen LogP contribution in [0.4, 0.5) is 0 Å². The molecule has 3 nitrogen and oxygen atoms in total. The molecule has 0 saturated carbocycles. The van der Waals surface area contributed by atoms with E-state index in [1.807, 2.05) is 6.92 Å². The molecule has 0 aromatic carbocycles. The first-order valence-corrected chi connectivity index (χ1v) is 6.01. The molecule has 3 heteroatoms. The minimum absolute atomic E-state index is 0.0966. The molecule has 0 aromatic rings. The molecule has 0 aromatic heterocycles. The molecular weight excluding hydrogens is 190 g/mol. The molecule has 0 amide bonds. The Morgan fingerprint density at radius 2 is 2.27 bits per heavy atom. The van der Waals surface area contributed by atoms with Crippen LogP contribution in [0.2, 0.25) is 0 Å². The Bertz CT molecular complexity index is 186. The van der Waals surface area contributed by atoms with Gasteiger partial charge >= 0.3 is 0 Å². The third-order valence-corrected chi connectivity index (χ3v) is 3.14. The van der Waals surface area contributed by atoms with Crippen LogP contribution in [0.5, 0.6) is 0 Å². The highest BCUT2D eigenvalue weighted by atomic mass is 16.5. The van der Waals surface area contributed by atoms with Crippen molar-refractivity contribution >= 4 is 5.78 Å². The number of methoxy groups -OCH3 is 1. The summed E-state index contributed by atoms with van der Waals surface area (Å²) in [6.07, 6.45) is 5.49. The molecule has 0 aliphatic carbocycles. The van der Waals surface area contributed by atoms with Crippen LogP contribution in [0, 0.1) is 5.92 Å². The van der Waals surface area contributed by atoms with E-state index in [2.05, 4.69) is 5.32 Å². The summed E-state index contributed by atoms with van der Waals surface area (Å²) < 4.78 is 5.00. The number of Topliss-reactive ketones (excluding diaryl/α,β-unsaturated/α-hetero) is 1. The lowest BCUT2D eigenvalue weighted by Gasteiger charge is -2.18. The SMILES string of the molecule is COCCC(C)C(=O)C1CCCCCN1. The maximum absolute atomic E-state index is 12.0. The van der Waals surface area contributed by atoms with Gasteiger partial charge in [-0.25, -0.2) is 0 Å². The first-order valence-electron chi connectivity index (χ1n) is 6.01. The summed E-state index contributed by atoms with van der Waals surface area (Å²) in [4.78, 5) is 12.0. The lowest BCUT2D eigenvalue weighted by atomic mass is 9.94. The average molecular weight is 213 g/mol. The predicted octanol–water partition coefficient (Wildman–Crippen LogP) is 1.76. The molecule has 1 fully saturated rings. The number of nitrogens with one attached hydrogen (secondary N) is 1. The van der Waals surface area contributed by atoms with Crippen molar-refractivity contribution in [2.24, 2.45) is 5.92 Å². The Balaban J connectivity index is 2.35. The van der Waals surface area contributed by atoms with E-state index in [1.54, 1.807) is 7.11 Å². The maximum Gasteiger partial charge on any atom is 0.152 e. The van der Waals surface area contributed by atoms with E-state index < -0.39 is 0 Å². The van der Waals surface area contributed by atoms with Gasteiger partial charge < -0.3 is 10.1 Å². The van der Waals surface area contributed by atoms with Crippen LogP contribution in [-0.4, -0.2) is 32.1 Å². The summed E-state index contributed by atoms with van der Waals surface area (Å²) >= 11 is 0. The van der Waals surface area contributed by atoms with E-state index in [4.69, 9.17) is 4.74 Å². The van der Waals surface area contributed by atoms with Gasteiger partial charge in [0.25, 0.3) is 0 Å². The first kappa shape index (κ1) is 12.7. The Hall–Kier alpha value is -0.410. The number of ether oxygens (including phenoxy) is 1. The monoisotopic (exact) mass is 213 g/mol. The third-order valence-electron chi connectivity index (χ3n) is 3.14. The Kier molecular flexibility index (Phi) is 5.88. The number of carbonyl (C=O) groups excluding carboxylic acids is 1. The zero-order chi connectivity index (χ0) is 11.1. The van der Waals surface area contributed by atoms with Crippen LogP contribution < -0.4 is 5.32 Å². The van der Waals surface area contributed by atoms with E-state index in [9.17, 15) is 4.79 Å². The summed E-state index contributed by atoms with van der Waals surface area (Å²) in [6, 6.07) is 0.0966. The van der Waals surface area contributed by atoms with E-state index in [1.165, 1.54) is 19.3 Å². The van der Waals surface area contributed by atoms with Crippen molar-refractivity contribution in [2.75, 3.05) is 20.3 Å². The van der Waals surface area contributed by atoms with Gasteiger partial charge in [-0.1, -0.05) is 19.8 Å². The highest BCUT2D eigenvalue weighted by Crippen LogP contribution is 2.14. The average Bonchev–Trinajstić information content (AvgIpc) is 2.53. The topological polar surface area (TPSA) is 38.3 Å². The lowest BCUT2D eigenvalue weighted by Crippen LogP contribution is -2.39. The number of rotatable bonds is 5. The number of hydrogen-bond acceptors (Lipinski definition) is 3. The molecule has 1 rings (SSSR count). The third kappa shape index (κ3) is 4.31. The molecule has 1 aliphatic heterocycles. The minimum Gasteiger partial charge on any atom is -0.385 e. The number of ketones is 1. The second-order valence-electron chi connectivity index (χ2n) is 4.44. The zero-order valence-corrected chi connectivity index (χ0v) is 9.92. The Morgan fingerprint density at radius 3 is 3.00 bits per heavy atom. The normalized spacial score (nSPS) is 24.5. The van der Waals surface area contributed by atoms with Crippen LogP contribution in [0.1, 0.15) is 39.0 Å². The summed E-state index contributed by atoms with van der Waals surface area (Å²) in [7, 11) is 1.68. The zero-order valence-electron chi connectivity index (χ0n) is 9.92. The molecule has 0 radical (unpaired) electrons. The molecule has 88 valence electrons. The molecule has 1 heterocycles. The molecule has 15 heavy (non-hydrogen) atoms. The van der Waals surface area contributed by atoms with Gasteiger partial charge in [0.2, 0.25) is 0 Å². The van der Waals surface area contributed by atoms with Crippen LogP contribution in [0.3, 0.4) is 0 Å². The van der Waals surface area contributed by atoms with Crippen LogP contribution in [-0.2, 0) is 9.53 Å². The highest BCUT2D eigenvalue weighted by Gasteiger charge is 2.23.